The fourth-order valence-corrected chi connectivity index (χ4v) is 3.28. The SMILES string of the molecule is C=C(C)CNS(=O)(=O)c1ccc(CN)s1. The van der Waals surface area contributed by atoms with Crippen LogP contribution in [0.5, 0.6) is 0 Å². The van der Waals surface area contributed by atoms with Crippen molar-refractivity contribution in [2.45, 2.75) is 17.7 Å². The molecule has 0 saturated heterocycles. The van der Waals surface area contributed by atoms with Crippen LogP contribution in [-0.2, 0) is 16.6 Å². The predicted molar refractivity (Wildman–Crippen MR) is 62.2 cm³/mol. The smallest absolute Gasteiger partial charge is 0.250 e. The first-order chi connectivity index (χ1) is 6.95. The van der Waals surface area contributed by atoms with Crippen LogP contribution in [0.1, 0.15) is 11.8 Å². The number of hydrogen-bond donors (Lipinski definition) is 2. The van der Waals surface area contributed by atoms with Gasteiger partial charge in [0.15, 0.2) is 0 Å². The molecule has 0 spiro atoms. The molecule has 0 atom stereocenters. The highest BCUT2D eigenvalue weighted by molar-refractivity contribution is 7.91. The Hall–Kier alpha value is -0.690. The van der Waals surface area contributed by atoms with Gasteiger partial charge in [-0.15, -0.1) is 11.3 Å². The molecule has 0 bridgehead atoms. The lowest BCUT2D eigenvalue weighted by molar-refractivity contribution is 0.587. The normalized spacial score (nSPS) is 11.6. The van der Waals surface area contributed by atoms with Crippen molar-refractivity contribution in [1.82, 2.24) is 4.72 Å². The van der Waals surface area contributed by atoms with Crippen LogP contribution in [-0.4, -0.2) is 15.0 Å². The fourth-order valence-electron chi connectivity index (χ4n) is 0.902. The lowest BCUT2D eigenvalue weighted by atomic mass is 10.4. The summed E-state index contributed by atoms with van der Waals surface area (Å²) >= 11 is 1.19. The standard InChI is InChI=1S/C9H14N2O2S2/c1-7(2)6-11-15(12,13)9-4-3-8(5-10)14-9/h3-4,11H,1,5-6,10H2,2H3. The number of nitrogens with two attached hydrogens (primary N) is 1. The second kappa shape index (κ2) is 4.89. The highest BCUT2D eigenvalue weighted by Gasteiger charge is 2.15. The lowest BCUT2D eigenvalue weighted by Crippen LogP contribution is -2.24. The molecular weight excluding hydrogens is 232 g/mol. The molecule has 0 aliphatic carbocycles. The van der Waals surface area contributed by atoms with E-state index in [0.717, 1.165) is 10.5 Å². The van der Waals surface area contributed by atoms with Crippen molar-refractivity contribution in [3.63, 3.8) is 0 Å². The van der Waals surface area contributed by atoms with Crippen molar-refractivity contribution in [1.29, 1.82) is 0 Å². The van der Waals surface area contributed by atoms with Gasteiger partial charge in [0.05, 0.1) is 0 Å². The monoisotopic (exact) mass is 246 g/mol. The van der Waals surface area contributed by atoms with Crippen molar-refractivity contribution >= 4 is 21.4 Å². The minimum atomic E-state index is -3.39. The molecule has 0 aliphatic heterocycles. The zero-order chi connectivity index (χ0) is 11.5. The van der Waals surface area contributed by atoms with Crippen LogP contribution < -0.4 is 10.5 Å². The van der Waals surface area contributed by atoms with Crippen molar-refractivity contribution in [3.05, 3.63) is 29.2 Å². The maximum absolute atomic E-state index is 11.7. The first-order valence-electron chi connectivity index (χ1n) is 4.38. The largest absolute Gasteiger partial charge is 0.326 e. The molecule has 0 aromatic carbocycles. The zero-order valence-electron chi connectivity index (χ0n) is 8.49. The van der Waals surface area contributed by atoms with Crippen LogP contribution in [0.2, 0.25) is 0 Å². The maximum atomic E-state index is 11.7. The summed E-state index contributed by atoms with van der Waals surface area (Å²) in [6.07, 6.45) is 0. The number of thiophene rings is 1. The highest BCUT2D eigenvalue weighted by atomic mass is 32.2. The third kappa shape index (κ3) is 3.42. The van der Waals surface area contributed by atoms with Gasteiger partial charge in [-0.1, -0.05) is 12.2 Å². The van der Waals surface area contributed by atoms with Gasteiger partial charge in [0.2, 0.25) is 10.0 Å². The summed E-state index contributed by atoms with van der Waals surface area (Å²) in [5.74, 6) is 0. The predicted octanol–water partition coefficient (Wildman–Crippen LogP) is 1.06. The van der Waals surface area contributed by atoms with E-state index in [2.05, 4.69) is 11.3 Å². The molecule has 3 N–H and O–H groups in total. The molecule has 1 aromatic rings. The van der Waals surface area contributed by atoms with Crippen LogP contribution in [0.25, 0.3) is 0 Å². The van der Waals surface area contributed by atoms with Crippen molar-refractivity contribution in [3.8, 4) is 0 Å². The molecule has 0 fully saturated rings. The molecule has 84 valence electrons. The van der Waals surface area contributed by atoms with Gasteiger partial charge in [0, 0.05) is 18.0 Å². The Morgan fingerprint density at radius 1 is 1.60 bits per heavy atom. The summed E-state index contributed by atoms with van der Waals surface area (Å²) in [5, 5.41) is 0. The van der Waals surface area contributed by atoms with Gasteiger partial charge in [-0.05, 0) is 19.1 Å². The summed E-state index contributed by atoms with van der Waals surface area (Å²) in [6, 6.07) is 3.29. The summed E-state index contributed by atoms with van der Waals surface area (Å²) in [6.45, 7) is 6.02. The molecule has 0 radical (unpaired) electrons. The Morgan fingerprint density at radius 3 is 2.73 bits per heavy atom. The number of rotatable bonds is 5. The average Bonchev–Trinajstić information content (AvgIpc) is 2.63. The topological polar surface area (TPSA) is 72.2 Å². The molecule has 1 aromatic heterocycles. The van der Waals surface area contributed by atoms with Crippen molar-refractivity contribution in [2.75, 3.05) is 6.54 Å². The van der Waals surface area contributed by atoms with Crippen molar-refractivity contribution < 1.29 is 8.42 Å². The molecule has 0 amide bonds. The molecule has 0 saturated carbocycles. The molecule has 6 heteroatoms. The van der Waals surface area contributed by atoms with E-state index in [4.69, 9.17) is 5.73 Å². The molecular formula is C9H14N2O2S2. The summed E-state index contributed by atoms with van der Waals surface area (Å²) in [4.78, 5) is 0.853. The zero-order valence-corrected chi connectivity index (χ0v) is 10.1. The van der Waals surface area contributed by atoms with Crippen LogP contribution in [0.15, 0.2) is 28.5 Å². The lowest BCUT2D eigenvalue weighted by Gasteiger charge is -2.03. The third-order valence-corrected chi connectivity index (χ3v) is 4.67. The van der Waals surface area contributed by atoms with E-state index >= 15 is 0 Å². The second-order valence-electron chi connectivity index (χ2n) is 3.21. The van der Waals surface area contributed by atoms with Crippen LogP contribution in [0.3, 0.4) is 0 Å². The fraction of sp³-hybridized carbons (Fsp3) is 0.333. The van der Waals surface area contributed by atoms with Gasteiger partial charge < -0.3 is 5.73 Å². The van der Waals surface area contributed by atoms with Crippen molar-refractivity contribution in [2.24, 2.45) is 5.73 Å². The van der Waals surface area contributed by atoms with E-state index in [0.29, 0.717) is 10.8 Å². The number of nitrogens with one attached hydrogen (secondary N) is 1. The molecule has 0 aliphatic rings. The summed E-state index contributed by atoms with van der Waals surface area (Å²) in [7, 11) is -3.39. The van der Waals surface area contributed by atoms with Gasteiger partial charge in [-0.2, -0.15) is 0 Å². The molecule has 1 heterocycles. The minimum Gasteiger partial charge on any atom is -0.326 e. The molecule has 15 heavy (non-hydrogen) atoms. The van der Waals surface area contributed by atoms with E-state index in [-0.39, 0.29) is 6.54 Å². The Balaban J connectivity index is 2.81. The summed E-state index contributed by atoms with van der Waals surface area (Å²) < 4.78 is 26.1. The van der Waals surface area contributed by atoms with E-state index in [1.54, 1.807) is 19.1 Å². The van der Waals surface area contributed by atoms with Gasteiger partial charge in [0.1, 0.15) is 4.21 Å². The van der Waals surface area contributed by atoms with E-state index in [1.807, 2.05) is 0 Å². The Morgan fingerprint density at radius 2 is 2.27 bits per heavy atom. The van der Waals surface area contributed by atoms with Crippen LogP contribution in [0.4, 0.5) is 0 Å². The van der Waals surface area contributed by atoms with E-state index in [1.165, 1.54) is 11.3 Å². The molecule has 4 nitrogen and oxygen atoms in total. The molecule has 0 unspecified atom stereocenters. The minimum absolute atomic E-state index is 0.262. The Labute approximate surface area is 93.9 Å². The van der Waals surface area contributed by atoms with Gasteiger partial charge in [-0.3, -0.25) is 0 Å². The first kappa shape index (κ1) is 12.4. The van der Waals surface area contributed by atoms with Gasteiger partial charge in [0.25, 0.3) is 0 Å². The van der Waals surface area contributed by atoms with Crippen LogP contribution >= 0.6 is 11.3 Å². The second-order valence-corrected chi connectivity index (χ2v) is 6.37. The third-order valence-electron chi connectivity index (χ3n) is 1.67. The average molecular weight is 246 g/mol. The Bertz CT molecular complexity index is 448. The van der Waals surface area contributed by atoms with E-state index in [9.17, 15) is 8.42 Å². The summed E-state index contributed by atoms with van der Waals surface area (Å²) in [5.41, 5.74) is 6.18. The molecule has 1 rings (SSSR count). The first-order valence-corrected chi connectivity index (χ1v) is 6.68. The number of sulfonamides is 1. The van der Waals surface area contributed by atoms with Gasteiger partial charge in [-0.25, -0.2) is 13.1 Å². The van der Waals surface area contributed by atoms with Gasteiger partial charge >= 0.3 is 0 Å². The van der Waals surface area contributed by atoms with E-state index < -0.39 is 10.0 Å². The Kier molecular flexibility index (Phi) is 4.04. The quantitative estimate of drug-likeness (QED) is 0.763. The number of hydrogen-bond acceptors (Lipinski definition) is 4. The highest BCUT2D eigenvalue weighted by Crippen LogP contribution is 2.20. The maximum Gasteiger partial charge on any atom is 0.250 e. The van der Waals surface area contributed by atoms with Crippen LogP contribution in [0, 0.1) is 0 Å².